The van der Waals surface area contributed by atoms with Crippen LogP contribution in [0.3, 0.4) is 0 Å². The van der Waals surface area contributed by atoms with Crippen molar-refractivity contribution in [3.8, 4) is 0 Å². The molecule has 0 saturated carbocycles. The van der Waals surface area contributed by atoms with Crippen molar-refractivity contribution in [2.75, 3.05) is 6.61 Å². The van der Waals surface area contributed by atoms with Crippen LogP contribution in [0, 0.1) is 23.7 Å². The average Bonchev–Trinajstić information content (AvgIpc) is 2.37. The first-order chi connectivity index (χ1) is 8.68. The van der Waals surface area contributed by atoms with E-state index in [4.69, 9.17) is 4.74 Å². The number of fused-ring (bicyclic) bond motifs is 2. The Labute approximate surface area is 109 Å². The lowest BCUT2D eigenvalue weighted by atomic mass is 9.65. The van der Waals surface area contributed by atoms with E-state index in [1.807, 2.05) is 18.5 Å². The van der Waals surface area contributed by atoms with E-state index in [9.17, 15) is 0 Å². The van der Waals surface area contributed by atoms with Gasteiger partial charge in [-0.2, -0.15) is 0 Å². The zero-order chi connectivity index (χ0) is 12.7. The topological polar surface area (TPSA) is 22.1 Å². The zero-order valence-electron chi connectivity index (χ0n) is 11.3. The lowest BCUT2D eigenvalue weighted by Crippen LogP contribution is -2.42. The molecule has 2 heterocycles. The van der Waals surface area contributed by atoms with Crippen molar-refractivity contribution in [3.63, 3.8) is 0 Å². The van der Waals surface area contributed by atoms with E-state index in [2.05, 4.69) is 37.9 Å². The van der Waals surface area contributed by atoms with Gasteiger partial charge in [0, 0.05) is 18.3 Å². The minimum atomic E-state index is 0.189. The van der Waals surface area contributed by atoms with Gasteiger partial charge in [0.2, 0.25) is 0 Å². The number of rotatable bonds is 1. The van der Waals surface area contributed by atoms with E-state index in [0.717, 1.165) is 6.61 Å². The van der Waals surface area contributed by atoms with E-state index in [-0.39, 0.29) is 6.10 Å². The molecule has 2 heteroatoms. The highest BCUT2D eigenvalue weighted by molar-refractivity contribution is 5.23. The molecule has 18 heavy (non-hydrogen) atoms. The van der Waals surface area contributed by atoms with Crippen LogP contribution in [0.2, 0.25) is 0 Å². The van der Waals surface area contributed by atoms with Crippen molar-refractivity contribution in [2.24, 2.45) is 23.7 Å². The maximum absolute atomic E-state index is 6.16. The summed E-state index contributed by atoms with van der Waals surface area (Å²) in [6.45, 7) is 7.83. The van der Waals surface area contributed by atoms with Gasteiger partial charge >= 0.3 is 0 Å². The summed E-state index contributed by atoms with van der Waals surface area (Å²) in [5.74, 6) is 2.53. The third kappa shape index (κ3) is 1.79. The van der Waals surface area contributed by atoms with E-state index in [0.29, 0.717) is 23.7 Å². The second kappa shape index (κ2) is 4.51. The SMILES string of the molecule is CC1=C[C@@H](C)[C@H]2CO[C@H](c3cccnc3)[C@H]1[C@H]2C. The van der Waals surface area contributed by atoms with Gasteiger partial charge in [0.1, 0.15) is 0 Å². The molecule has 96 valence electrons. The van der Waals surface area contributed by atoms with E-state index >= 15 is 0 Å². The molecule has 0 aromatic carbocycles. The van der Waals surface area contributed by atoms with Crippen molar-refractivity contribution < 1.29 is 4.74 Å². The van der Waals surface area contributed by atoms with Crippen molar-refractivity contribution in [1.82, 2.24) is 4.98 Å². The summed E-state index contributed by atoms with van der Waals surface area (Å²) in [5.41, 5.74) is 2.70. The van der Waals surface area contributed by atoms with Gasteiger partial charge in [-0.3, -0.25) is 4.98 Å². The largest absolute Gasteiger partial charge is 0.373 e. The Kier molecular flexibility index (Phi) is 2.98. The standard InChI is InChI=1S/C16H21NO/c1-10-7-11(2)15-12(3)14(10)9-18-16(15)13-5-4-6-17-8-13/h4-8,10,12,14-16H,9H2,1-3H3/t10-,12+,14-,15-,16-/m1/s1. The first-order valence-corrected chi connectivity index (χ1v) is 6.88. The monoisotopic (exact) mass is 243 g/mol. The summed E-state index contributed by atoms with van der Waals surface area (Å²) < 4.78 is 6.16. The number of nitrogens with zero attached hydrogens (tertiary/aromatic N) is 1. The van der Waals surface area contributed by atoms with Gasteiger partial charge in [-0.05, 0) is 36.3 Å². The van der Waals surface area contributed by atoms with Gasteiger partial charge in [-0.15, -0.1) is 0 Å². The van der Waals surface area contributed by atoms with Crippen LogP contribution >= 0.6 is 0 Å². The molecule has 1 aliphatic heterocycles. The molecule has 1 aromatic heterocycles. The Morgan fingerprint density at radius 3 is 2.89 bits per heavy atom. The molecule has 0 N–H and O–H groups in total. The molecule has 1 fully saturated rings. The van der Waals surface area contributed by atoms with Crippen LogP contribution in [0.1, 0.15) is 32.4 Å². The second-order valence-corrected chi connectivity index (χ2v) is 5.86. The summed E-state index contributed by atoms with van der Waals surface area (Å²) in [4.78, 5) is 4.23. The Hall–Kier alpha value is -1.15. The van der Waals surface area contributed by atoms with Gasteiger partial charge < -0.3 is 4.74 Å². The molecular formula is C16H21NO. The molecule has 0 unspecified atom stereocenters. The predicted molar refractivity (Wildman–Crippen MR) is 72.0 cm³/mol. The number of hydrogen-bond donors (Lipinski definition) is 0. The van der Waals surface area contributed by atoms with Crippen LogP contribution in [0.5, 0.6) is 0 Å². The van der Waals surface area contributed by atoms with Gasteiger partial charge in [0.05, 0.1) is 12.7 Å². The minimum Gasteiger partial charge on any atom is -0.373 e. The van der Waals surface area contributed by atoms with E-state index in [1.54, 1.807) is 0 Å². The van der Waals surface area contributed by atoms with Crippen LogP contribution < -0.4 is 0 Å². The van der Waals surface area contributed by atoms with Gasteiger partial charge in [0.25, 0.3) is 0 Å². The highest BCUT2D eigenvalue weighted by Crippen LogP contribution is 2.49. The maximum Gasteiger partial charge on any atom is 0.0907 e. The molecule has 0 amide bonds. The second-order valence-electron chi connectivity index (χ2n) is 5.86. The van der Waals surface area contributed by atoms with Crippen molar-refractivity contribution >= 4 is 0 Å². The quantitative estimate of drug-likeness (QED) is 0.703. The fourth-order valence-corrected chi connectivity index (χ4v) is 3.79. The van der Waals surface area contributed by atoms with Crippen LogP contribution in [0.25, 0.3) is 0 Å². The molecule has 5 atom stereocenters. The molecule has 1 aliphatic carbocycles. The summed E-state index contributed by atoms with van der Waals surface area (Å²) in [6, 6.07) is 4.13. The molecule has 0 radical (unpaired) electrons. The molecule has 2 aliphatic rings. The summed E-state index contributed by atoms with van der Waals surface area (Å²) >= 11 is 0. The number of hydrogen-bond acceptors (Lipinski definition) is 2. The third-order valence-electron chi connectivity index (χ3n) is 4.78. The highest BCUT2D eigenvalue weighted by Gasteiger charge is 2.43. The Morgan fingerprint density at radius 1 is 1.33 bits per heavy atom. The molecule has 3 rings (SSSR count). The van der Waals surface area contributed by atoms with Crippen molar-refractivity contribution in [2.45, 2.75) is 26.9 Å². The lowest BCUT2D eigenvalue weighted by Gasteiger charge is -2.47. The predicted octanol–water partition coefficient (Wildman–Crippen LogP) is 3.62. The summed E-state index contributed by atoms with van der Waals surface area (Å²) in [7, 11) is 0. The lowest BCUT2D eigenvalue weighted by molar-refractivity contribution is -0.0935. The molecule has 1 saturated heterocycles. The highest BCUT2D eigenvalue weighted by atomic mass is 16.5. The number of ether oxygens (including phenoxy) is 1. The fourth-order valence-electron chi connectivity index (χ4n) is 3.79. The minimum absolute atomic E-state index is 0.189. The van der Waals surface area contributed by atoms with Crippen molar-refractivity contribution in [3.05, 3.63) is 41.7 Å². The third-order valence-corrected chi connectivity index (χ3v) is 4.78. The Bertz CT molecular complexity index is 453. The maximum atomic E-state index is 6.16. The van der Waals surface area contributed by atoms with Gasteiger partial charge in [0.15, 0.2) is 0 Å². The van der Waals surface area contributed by atoms with Gasteiger partial charge in [-0.25, -0.2) is 0 Å². The zero-order valence-corrected chi connectivity index (χ0v) is 11.3. The molecule has 2 bridgehead atoms. The fraction of sp³-hybridized carbons (Fsp3) is 0.562. The Morgan fingerprint density at radius 2 is 2.17 bits per heavy atom. The normalized spacial score (nSPS) is 39.3. The number of aromatic nitrogens is 1. The first-order valence-electron chi connectivity index (χ1n) is 6.88. The summed E-state index contributed by atoms with van der Waals surface area (Å²) in [5, 5.41) is 0. The molecule has 1 aromatic rings. The average molecular weight is 243 g/mol. The van der Waals surface area contributed by atoms with Crippen molar-refractivity contribution in [1.29, 1.82) is 0 Å². The van der Waals surface area contributed by atoms with Crippen LogP contribution in [-0.4, -0.2) is 11.6 Å². The van der Waals surface area contributed by atoms with E-state index in [1.165, 1.54) is 11.1 Å². The first kappa shape index (κ1) is 11.9. The van der Waals surface area contributed by atoms with Crippen LogP contribution in [-0.2, 0) is 4.74 Å². The Balaban J connectivity index is 1.97. The molecular weight excluding hydrogens is 222 g/mol. The number of allylic oxidation sites excluding steroid dienone is 1. The smallest absolute Gasteiger partial charge is 0.0907 e. The van der Waals surface area contributed by atoms with Crippen LogP contribution in [0.4, 0.5) is 0 Å². The summed E-state index contributed by atoms with van der Waals surface area (Å²) in [6.07, 6.45) is 6.41. The van der Waals surface area contributed by atoms with Gasteiger partial charge in [-0.1, -0.05) is 31.6 Å². The number of pyridine rings is 1. The van der Waals surface area contributed by atoms with E-state index < -0.39 is 0 Å². The molecule has 2 nitrogen and oxygen atoms in total. The molecule has 0 spiro atoms. The van der Waals surface area contributed by atoms with Crippen LogP contribution in [0.15, 0.2) is 36.2 Å².